The van der Waals surface area contributed by atoms with Crippen molar-refractivity contribution in [3.8, 4) is 0 Å². The fourth-order valence-corrected chi connectivity index (χ4v) is 2.16. The minimum Gasteiger partial charge on any atom is -0.312 e. The summed E-state index contributed by atoms with van der Waals surface area (Å²) in [6, 6.07) is 13.8. The number of carbonyl (C=O) groups is 1. The van der Waals surface area contributed by atoms with Gasteiger partial charge in [0, 0.05) is 11.1 Å². The highest BCUT2D eigenvalue weighted by Crippen LogP contribution is 2.22. The first-order valence-electron chi connectivity index (χ1n) is 6.48. The highest BCUT2D eigenvalue weighted by Gasteiger charge is 2.27. The molecule has 0 atom stereocenters. The van der Waals surface area contributed by atoms with Gasteiger partial charge in [-0.05, 0) is 25.1 Å². The molecular weight excluding hydrogens is 269 g/mol. The second-order valence-corrected chi connectivity index (χ2v) is 4.77. The van der Waals surface area contributed by atoms with Gasteiger partial charge < -0.3 is 4.84 Å². The fourth-order valence-electron chi connectivity index (χ4n) is 2.16. The van der Waals surface area contributed by atoms with Crippen LogP contribution in [0.5, 0.6) is 0 Å². The second-order valence-electron chi connectivity index (χ2n) is 4.77. The summed E-state index contributed by atoms with van der Waals surface area (Å²) in [5, 5.41) is 3.81. The van der Waals surface area contributed by atoms with Gasteiger partial charge in [0.2, 0.25) is 0 Å². The Morgan fingerprint density at radius 1 is 1.14 bits per heavy atom. The topological polar surface area (TPSA) is 38.7 Å². The molecule has 0 saturated carbocycles. The van der Waals surface area contributed by atoms with E-state index < -0.39 is 11.8 Å². The third kappa shape index (κ3) is 2.60. The Morgan fingerprint density at radius 2 is 1.95 bits per heavy atom. The quantitative estimate of drug-likeness (QED) is 0.624. The van der Waals surface area contributed by atoms with Crippen molar-refractivity contribution >= 4 is 17.8 Å². The third-order valence-electron chi connectivity index (χ3n) is 3.19. The Kier molecular flexibility index (Phi) is 3.36. The number of halogens is 1. The fraction of sp³-hybridized carbons (Fsp3) is 0.0588. The lowest BCUT2D eigenvalue weighted by atomic mass is 9.99. The third-order valence-corrected chi connectivity index (χ3v) is 3.19. The van der Waals surface area contributed by atoms with Crippen molar-refractivity contribution in [2.24, 2.45) is 5.16 Å². The largest absolute Gasteiger partial charge is 0.368 e. The zero-order chi connectivity index (χ0) is 14.8. The van der Waals surface area contributed by atoms with E-state index in [0.29, 0.717) is 11.3 Å². The smallest absolute Gasteiger partial charge is 0.312 e. The molecule has 0 aliphatic carbocycles. The van der Waals surface area contributed by atoms with Crippen LogP contribution < -0.4 is 0 Å². The summed E-state index contributed by atoms with van der Waals surface area (Å²) in [5.41, 5.74) is 2.81. The van der Waals surface area contributed by atoms with E-state index in [1.807, 2.05) is 31.2 Å². The van der Waals surface area contributed by atoms with Crippen molar-refractivity contribution in [3.05, 3.63) is 76.6 Å². The first-order valence-corrected chi connectivity index (χ1v) is 6.48. The van der Waals surface area contributed by atoms with E-state index in [0.717, 1.165) is 11.1 Å². The molecule has 2 aromatic rings. The van der Waals surface area contributed by atoms with Crippen LogP contribution in [0.3, 0.4) is 0 Å². The molecule has 1 heterocycles. The van der Waals surface area contributed by atoms with Gasteiger partial charge in [-0.1, -0.05) is 47.1 Å². The SMILES string of the molecule is Cc1cccc(C2=NOC(=O)/C2=C/c2ccccc2F)c1. The van der Waals surface area contributed by atoms with Gasteiger partial charge in [0.05, 0.1) is 5.57 Å². The number of aryl methyl sites for hydroxylation is 1. The minimum absolute atomic E-state index is 0.255. The van der Waals surface area contributed by atoms with Crippen molar-refractivity contribution < 1.29 is 14.0 Å². The maximum atomic E-state index is 13.7. The standard InChI is InChI=1S/C17H12FNO2/c1-11-5-4-7-13(9-11)16-14(17(20)21-19-16)10-12-6-2-3-8-15(12)18/h2-10H,1H3/b14-10+. The van der Waals surface area contributed by atoms with Crippen LogP contribution in [0.25, 0.3) is 6.08 Å². The lowest BCUT2D eigenvalue weighted by Crippen LogP contribution is -2.07. The first-order chi connectivity index (χ1) is 10.1. The van der Waals surface area contributed by atoms with Gasteiger partial charge in [-0.3, -0.25) is 0 Å². The molecule has 1 aliphatic heterocycles. The molecular formula is C17H12FNO2. The van der Waals surface area contributed by atoms with E-state index in [9.17, 15) is 9.18 Å². The van der Waals surface area contributed by atoms with Crippen LogP contribution in [0.4, 0.5) is 4.39 Å². The number of hydrogen-bond donors (Lipinski definition) is 0. The number of rotatable bonds is 2. The normalized spacial score (nSPS) is 16.0. The van der Waals surface area contributed by atoms with E-state index in [1.165, 1.54) is 12.1 Å². The molecule has 104 valence electrons. The molecule has 0 amide bonds. The lowest BCUT2D eigenvalue weighted by molar-refractivity contribution is -0.136. The molecule has 0 aromatic heterocycles. The number of benzene rings is 2. The summed E-state index contributed by atoms with van der Waals surface area (Å²) in [6.45, 7) is 1.95. The van der Waals surface area contributed by atoms with E-state index >= 15 is 0 Å². The predicted octanol–water partition coefficient (Wildman–Crippen LogP) is 3.48. The van der Waals surface area contributed by atoms with Gasteiger partial charge in [-0.2, -0.15) is 0 Å². The molecule has 3 nitrogen and oxygen atoms in total. The molecule has 0 radical (unpaired) electrons. The second kappa shape index (κ2) is 5.32. The molecule has 0 bridgehead atoms. The van der Waals surface area contributed by atoms with Gasteiger partial charge in [-0.15, -0.1) is 0 Å². The average Bonchev–Trinajstić information content (AvgIpc) is 2.83. The molecule has 1 aliphatic rings. The summed E-state index contributed by atoms with van der Waals surface area (Å²) in [4.78, 5) is 16.6. The molecule has 3 rings (SSSR count). The molecule has 0 fully saturated rings. The maximum Gasteiger partial charge on any atom is 0.368 e. The zero-order valence-electron chi connectivity index (χ0n) is 11.3. The summed E-state index contributed by atoms with van der Waals surface area (Å²) >= 11 is 0. The lowest BCUT2D eigenvalue weighted by Gasteiger charge is -2.02. The Labute approximate surface area is 121 Å². The number of carbonyl (C=O) groups excluding carboxylic acids is 1. The van der Waals surface area contributed by atoms with Crippen LogP contribution in [0, 0.1) is 12.7 Å². The Bertz CT molecular complexity index is 778. The van der Waals surface area contributed by atoms with E-state index in [-0.39, 0.29) is 5.57 Å². The highest BCUT2D eigenvalue weighted by atomic mass is 19.1. The number of hydrogen-bond acceptors (Lipinski definition) is 3. The first kappa shape index (κ1) is 13.2. The highest BCUT2D eigenvalue weighted by molar-refractivity contribution is 6.31. The van der Waals surface area contributed by atoms with Crippen LogP contribution in [-0.4, -0.2) is 11.7 Å². The molecule has 0 saturated heterocycles. The molecule has 21 heavy (non-hydrogen) atoms. The molecule has 0 N–H and O–H groups in total. The number of nitrogens with zero attached hydrogens (tertiary/aromatic N) is 1. The Balaban J connectivity index is 2.06. The van der Waals surface area contributed by atoms with Crippen molar-refractivity contribution in [1.29, 1.82) is 0 Å². The Morgan fingerprint density at radius 3 is 2.71 bits per heavy atom. The molecule has 0 unspecified atom stereocenters. The Hall–Kier alpha value is -2.75. The summed E-state index contributed by atoms with van der Waals surface area (Å²) in [5.74, 6) is -0.969. The molecule has 0 spiro atoms. The van der Waals surface area contributed by atoms with Gasteiger partial charge in [0.25, 0.3) is 0 Å². The van der Waals surface area contributed by atoms with Gasteiger partial charge in [0.1, 0.15) is 11.5 Å². The zero-order valence-corrected chi connectivity index (χ0v) is 11.3. The van der Waals surface area contributed by atoms with Crippen LogP contribution in [0.1, 0.15) is 16.7 Å². The van der Waals surface area contributed by atoms with E-state index in [1.54, 1.807) is 18.2 Å². The van der Waals surface area contributed by atoms with E-state index in [4.69, 9.17) is 4.84 Å². The summed E-state index contributed by atoms with van der Waals surface area (Å²) in [7, 11) is 0. The van der Waals surface area contributed by atoms with Crippen molar-refractivity contribution in [3.63, 3.8) is 0 Å². The van der Waals surface area contributed by atoms with Crippen LogP contribution in [0.15, 0.2) is 59.3 Å². The van der Waals surface area contributed by atoms with Gasteiger partial charge in [0.15, 0.2) is 0 Å². The summed E-state index contributed by atoms with van der Waals surface area (Å²) < 4.78 is 13.7. The van der Waals surface area contributed by atoms with Crippen LogP contribution >= 0.6 is 0 Å². The van der Waals surface area contributed by atoms with E-state index in [2.05, 4.69) is 5.16 Å². The van der Waals surface area contributed by atoms with Crippen LogP contribution in [-0.2, 0) is 9.63 Å². The minimum atomic E-state index is -0.574. The van der Waals surface area contributed by atoms with Crippen molar-refractivity contribution in [1.82, 2.24) is 0 Å². The monoisotopic (exact) mass is 281 g/mol. The van der Waals surface area contributed by atoms with Gasteiger partial charge in [-0.25, -0.2) is 9.18 Å². The van der Waals surface area contributed by atoms with Gasteiger partial charge >= 0.3 is 5.97 Å². The predicted molar refractivity (Wildman–Crippen MR) is 78.2 cm³/mol. The molecule has 2 aromatic carbocycles. The number of oxime groups is 1. The van der Waals surface area contributed by atoms with Crippen molar-refractivity contribution in [2.45, 2.75) is 6.92 Å². The summed E-state index contributed by atoms with van der Waals surface area (Å²) in [6.07, 6.45) is 1.46. The van der Waals surface area contributed by atoms with Crippen molar-refractivity contribution in [2.75, 3.05) is 0 Å². The van der Waals surface area contributed by atoms with Crippen LogP contribution in [0.2, 0.25) is 0 Å². The molecule has 4 heteroatoms. The average molecular weight is 281 g/mol. The maximum absolute atomic E-state index is 13.7.